The van der Waals surface area contributed by atoms with Gasteiger partial charge in [0.1, 0.15) is 0 Å². The Labute approximate surface area is 118 Å². The van der Waals surface area contributed by atoms with E-state index in [1.807, 2.05) is 0 Å². The zero-order valence-electron chi connectivity index (χ0n) is 11.2. The molecule has 0 amide bonds. The lowest BCUT2D eigenvalue weighted by atomic mass is 10.1. The first-order chi connectivity index (χ1) is 9.23. The number of nitrogen functional groups attached to an aromatic ring is 2. The second-order valence-corrected chi connectivity index (χ2v) is 6.81. The van der Waals surface area contributed by atoms with Crippen molar-refractivity contribution >= 4 is 21.2 Å². The van der Waals surface area contributed by atoms with Crippen molar-refractivity contribution in [1.29, 1.82) is 0 Å². The molecule has 1 aliphatic carbocycles. The van der Waals surface area contributed by atoms with Crippen LogP contribution in [0.5, 0.6) is 0 Å². The highest BCUT2D eigenvalue weighted by Gasteiger charge is 2.25. The van der Waals surface area contributed by atoms with Gasteiger partial charge in [0.25, 0.3) is 0 Å². The summed E-state index contributed by atoms with van der Waals surface area (Å²) in [6.07, 6.45) is 2.18. The van der Waals surface area contributed by atoms with E-state index in [9.17, 15) is 8.42 Å². The number of sulfone groups is 1. The van der Waals surface area contributed by atoms with Gasteiger partial charge in [-0.1, -0.05) is 0 Å². The molecule has 0 spiro atoms. The van der Waals surface area contributed by atoms with Crippen LogP contribution >= 0.6 is 0 Å². The Bertz CT molecular complexity index is 733. The van der Waals surface area contributed by atoms with Crippen LogP contribution in [0.2, 0.25) is 0 Å². The van der Waals surface area contributed by atoms with Gasteiger partial charge in [-0.15, -0.1) is 0 Å². The molecule has 0 aromatic heterocycles. The van der Waals surface area contributed by atoms with E-state index >= 15 is 0 Å². The molecule has 0 atom stereocenters. The number of hydrogen-bond donors (Lipinski definition) is 4. The lowest BCUT2D eigenvalue weighted by Crippen LogP contribution is -2.17. The summed E-state index contributed by atoms with van der Waals surface area (Å²) >= 11 is 0. The average Bonchev–Trinajstić information content (AvgIpc) is 2.36. The third kappa shape index (κ3) is 2.32. The molecule has 1 aromatic carbocycles. The molecule has 2 rings (SSSR count). The van der Waals surface area contributed by atoms with E-state index < -0.39 is 9.84 Å². The van der Waals surface area contributed by atoms with E-state index in [-0.39, 0.29) is 15.5 Å². The molecule has 0 heterocycles. The maximum Gasteiger partial charge on any atom is 0.203 e. The molecule has 0 fully saturated rings. The SMILES string of the molecule is Cc1cc(N)c(N)cc1S(=O)(=O)C1=CC(N)=C(N)CC1. The molecular formula is C13H18N4O2S. The van der Waals surface area contributed by atoms with Gasteiger partial charge in [0.05, 0.1) is 26.9 Å². The number of aryl methyl sites for hydroxylation is 1. The van der Waals surface area contributed by atoms with Crippen molar-refractivity contribution in [3.05, 3.63) is 40.1 Å². The zero-order valence-corrected chi connectivity index (χ0v) is 12.0. The third-order valence-corrected chi connectivity index (χ3v) is 5.37. The quantitative estimate of drug-likeness (QED) is 0.593. The fourth-order valence-electron chi connectivity index (χ4n) is 2.11. The summed E-state index contributed by atoms with van der Waals surface area (Å²) in [6, 6.07) is 2.94. The summed E-state index contributed by atoms with van der Waals surface area (Å²) in [5, 5.41) is 0. The second kappa shape index (κ2) is 4.75. The molecule has 0 aliphatic heterocycles. The summed E-state index contributed by atoms with van der Waals surface area (Å²) in [4.78, 5) is 0.403. The predicted molar refractivity (Wildman–Crippen MR) is 79.9 cm³/mol. The summed E-state index contributed by atoms with van der Waals surface area (Å²) in [5.74, 6) is 0. The Morgan fingerprint density at radius 3 is 2.20 bits per heavy atom. The van der Waals surface area contributed by atoms with Crippen molar-refractivity contribution in [1.82, 2.24) is 0 Å². The van der Waals surface area contributed by atoms with E-state index in [1.165, 1.54) is 12.1 Å². The number of benzene rings is 1. The van der Waals surface area contributed by atoms with Crippen LogP contribution in [0.3, 0.4) is 0 Å². The lowest BCUT2D eigenvalue weighted by Gasteiger charge is -2.17. The monoisotopic (exact) mass is 294 g/mol. The summed E-state index contributed by atoms with van der Waals surface area (Å²) in [7, 11) is -3.63. The van der Waals surface area contributed by atoms with Gasteiger partial charge in [0, 0.05) is 5.70 Å². The number of rotatable bonds is 2. The summed E-state index contributed by atoms with van der Waals surface area (Å²) in [6.45, 7) is 1.68. The Morgan fingerprint density at radius 1 is 1.00 bits per heavy atom. The Hall–Kier alpha value is -2.15. The van der Waals surface area contributed by atoms with Crippen molar-refractivity contribution in [2.45, 2.75) is 24.7 Å². The van der Waals surface area contributed by atoms with Crippen LogP contribution in [0.4, 0.5) is 11.4 Å². The lowest BCUT2D eigenvalue weighted by molar-refractivity contribution is 0.598. The van der Waals surface area contributed by atoms with Crippen molar-refractivity contribution in [3.8, 4) is 0 Å². The topological polar surface area (TPSA) is 138 Å². The van der Waals surface area contributed by atoms with Crippen molar-refractivity contribution in [2.24, 2.45) is 11.5 Å². The Morgan fingerprint density at radius 2 is 1.60 bits per heavy atom. The highest BCUT2D eigenvalue weighted by atomic mass is 32.2. The molecule has 1 aromatic rings. The van der Waals surface area contributed by atoms with Crippen LogP contribution < -0.4 is 22.9 Å². The first kappa shape index (κ1) is 14.3. The van der Waals surface area contributed by atoms with Gasteiger partial charge < -0.3 is 22.9 Å². The molecule has 0 radical (unpaired) electrons. The highest BCUT2D eigenvalue weighted by Crippen LogP contribution is 2.32. The van der Waals surface area contributed by atoms with Gasteiger partial charge >= 0.3 is 0 Å². The van der Waals surface area contributed by atoms with Crippen LogP contribution in [-0.4, -0.2) is 8.42 Å². The van der Waals surface area contributed by atoms with E-state index in [0.29, 0.717) is 35.5 Å². The van der Waals surface area contributed by atoms with Gasteiger partial charge in [0.2, 0.25) is 9.84 Å². The average molecular weight is 294 g/mol. The minimum absolute atomic E-state index is 0.156. The normalized spacial score (nSPS) is 16.1. The number of allylic oxidation sites excluding steroid dienone is 3. The standard InChI is InChI=1S/C13H18N4O2S/c1-7-4-10(15)12(17)6-13(7)20(18,19)8-2-3-9(14)11(16)5-8/h4-6H,2-3,14-17H2,1H3. The number of hydrogen-bond acceptors (Lipinski definition) is 6. The van der Waals surface area contributed by atoms with Crippen molar-refractivity contribution < 1.29 is 8.42 Å². The van der Waals surface area contributed by atoms with Crippen LogP contribution in [0.25, 0.3) is 0 Å². The predicted octanol–water partition coefficient (Wildman–Crippen LogP) is 0.740. The van der Waals surface area contributed by atoms with Gasteiger partial charge in [0.15, 0.2) is 0 Å². The largest absolute Gasteiger partial charge is 0.400 e. The molecule has 0 saturated heterocycles. The molecule has 108 valence electrons. The Kier molecular flexibility index (Phi) is 3.39. The van der Waals surface area contributed by atoms with Gasteiger partial charge in [-0.05, 0) is 43.5 Å². The van der Waals surface area contributed by atoms with Gasteiger partial charge in [-0.25, -0.2) is 8.42 Å². The molecular weight excluding hydrogens is 276 g/mol. The number of anilines is 2. The molecule has 8 N–H and O–H groups in total. The molecule has 0 saturated carbocycles. The molecule has 1 aliphatic rings. The number of nitrogens with two attached hydrogens (primary N) is 4. The molecule has 0 unspecified atom stereocenters. The van der Waals surface area contributed by atoms with Crippen molar-refractivity contribution in [2.75, 3.05) is 11.5 Å². The fourth-order valence-corrected chi connectivity index (χ4v) is 3.81. The third-order valence-electron chi connectivity index (χ3n) is 3.34. The van der Waals surface area contributed by atoms with Crippen LogP contribution in [0.15, 0.2) is 39.4 Å². The maximum atomic E-state index is 12.6. The highest BCUT2D eigenvalue weighted by molar-refractivity contribution is 7.95. The van der Waals surface area contributed by atoms with Gasteiger partial charge in [-0.3, -0.25) is 0 Å². The zero-order chi connectivity index (χ0) is 15.1. The van der Waals surface area contributed by atoms with Gasteiger partial charge in [-0.2, -0.15) is 0 Å². The summed E-state index contributed by atoms with van der Waals surface area (Å²) < 4.78 is 25.3. The Balaban J connectivity index is 2.58. The smallest absolute Gasteiger partial charge is 0.203 e. The molecule has 7 heteroatoms. The minimum atomic E-state index is -3.63. The second-order valence-electron chi connectivity index (χ2n) is 4.84. The van der Waals surface area contributed by atoms with Crippen LogP contribution in [0.1, 0.15) is 18.4 Å². The van der Waals surface area contributed by atoms with Crippen molar-refractivity contribution in [3.63, 3.8) is 0 Å². The van der Waals surface area contributed by atoms with E-state index in [0.717, 1.165) is 0 Å². The maximum absolute atomic E-state index is 12.6. The fraction of sp³-hybridized carbons (Fsp3) is 0.231. The first-order valence-electron chi connectivity index (χ1n) is 6.09. The van der Waals surface area contributed by atoms with E-state index in [1.54, 1.807) is 13.0 Å². The minimum Gasteiger partial charge on any atom is -0.400 e. The molecule has 20 heavy (non-hydrogen) atoms. The first-order valence-corrected chi connectivity index (χ1v) is 7.57. The summed E-state index contributed by atoms with van der Waals surface area (Å²) in [5.41, 5.74) is 24.7. The molecule has 6 nitrogen and oxygen atoms in total. The van der Waals surface area contributed by atoms with E-state index in [4.69, 9.17) is 22.9 Å². The van der Waals surface area contributed by atoms with Crippen LogP contribution in [0, 0.1) is 6.92 Å². The van der Waals surface area contributed by atoms with E-state index in [2.05, 4.69) is 0 Å². The molecule has 0 bridgehead atoms. The van der Waals surface area contributed by atoms with Crippen LogP contribution in [-0.2, 0) is 9.84 Å².